The summed E-state index contributed by atoms with van der Waals surface area (Å²) in [7, 11) is 0. The molecule has 0 atom stereocenters. The second-order valence-electron chi connectivity index (χ2n) is 3.55. The number of nitrogens with one attached hydrogen (secondary N) is 2. The van der Waals surface area contributed by atoms with Gasteiger partial charge < -0.3 is 5.43 Å². The Hall–Kier alpha value is -2.06. The van der Waals surface area contributed by atoms with Crippen molar-refractivity contribution in [1.29, 1.82) is 0 Å². The molecule has 0 radical (unpaired) electrons. The number of nitrogen functional groups attached to an aromatic ring is 1. The minimum atomic E-state index is -0.367. The number of carbonyl (C=O) groups excluding carboxylic acids is 1. The molecule has 4 N–H and O–H groups in total. The van der Waals surface area contributed by atoms with Gasteiger partial charge in [0, 0.05) is 4.88 Å². The molecule has 2 aromatic rings. The van der Waals surface area contributed by atoms with Gasteiger partial charge in [-0.1, -0.05) is 0 Å². The van der Waals surface area contributed by atoms with Crippen molar-refractivity contribution in [2.24, 2.45) is 5.84 Å². The molecule has 0 saturated carbocycles. The molecule has 0 aromatic carbocycles. The zero-order valence-corrected chi connectivity index (χ0v) is 10.7. The average Bonchev–Trinajstić information content (AvgIpc) is 2.68. The van der Waals surface area contributed by atoms with Gasteiger partial charge in [0.15, 0.2) is 10.9 Å². The Morgan fingerprint density at radius 3 is 2.72 bits per heavy atom. The molecule has 94 valence electrons. The molecule has 2 aromatic heterocycles. The Morgan fingerprint density at radius 2 is 2.11 bits per heavy atom. The molecule has 2 heterocycles. The number of amides is 1. The van der Waals surface area contributed by atoms with E-state index in [4.69, 9.17) is 5.84 Å². The van der Waals surface area contributed by atoms with Gasteiger partial charge in [0.05, 0.1) is 18.1 Å². The summed E-state index contributed by atoms with van der Waals surface area (Å²) in [6.07, 6.45) is 2.79. The maximum absolute atomic E-state index is 11.9. The van der Waals surface area contributed by atoms with Crippen LogP contribution in [0.3, 0.4) is 0 Å². The third-order valence-corrected chi connectivity index (χ3v) is 3.25. The number of hydrogen-bond donors (Lipinski definition) is 3. The second-order valence-corrected chi connectivity index (χ2v) is 4.75. The summed E-state index contributed by atoms with van der Waals surface area (Å²) in [5, 5.41) is 3.21. The van der Waals surface area contributed by atoms with Gasteiger partial charge in [0.1, 0.15) is 5.69 Å². The topological polar surface area (TPSA) is 106 Å². The summed E-state index contributed by atoms with van der Waals surface area (Å²) in [6.45, 7) is 3.84. The molecular formula is C10H12N6OS. The standard InChI is InChI=1S/C10H12N6OS/c1-5-6(2)18-10(13-5)15-9(17)7-3-12-4-8(14-7)16-11/h3-4H,11H2,1-2H3,(H,14,16)(H,13,15,17). The Morgan fingerprint density at radius 1 is 1.33 bits per heavy atom. The Labute approximate surface area is 107 Å². The summed E-state index contributed by atoms with van der Waals surface area (Å²) in [5.74, 6) is 5.16. The number of hydrazine groups is 1. The summed E-state index contributed by atoms with van der Waals surface area (Å²) in [5.41, 5.74) is 3.41. The van der Waals surface area contributed by atoms with Gasteiger partial charge in [0.2, 0.25) is 0 Å². The molecule has 0 unspecified atom stereocenters. The van der Waals surface area contributed by atoms with Gasteiger partial charge in [0.25, 0.3) is 5.91 Å². The van der Waals surface area contributed by atoms with Gasteiger partial charge in [-0.3, -0.25) is 15.1 Å². The summed E-state index contributed by atoms with van der Waals surface area (Å²) < 4.78 is 0. The number of thiazole rings is 1. The van der Waals surface area contributed by atoms with Crippen LogP contribution in [0.5, 0.6) is 0 Å². The predicted molar refractivity (Wildman–Crippen MR) is 69.4 cm³/mol. The van der Waals surface area contributed by atoms with Crippen LogP contribution in [0, 0.1) is 13.8 Å². The van der Waals surface area contributed by atoms with E-state index in [2.05, 4.69) is 25.7 Å². The van der Waals surface area contributed by atoms with Crippen LogP contribution in [0.1, 0.15) is 21.1 Å². The lowest BCUT2D eigenvalue weighted by atomic mass is 10.4. The summed E-state index contributed by atoms with van der Waals surface area (Å²) in [6, 6.07) is 0. The fraction of sp³-hybridized carbons (Fsp3) is 0.200. The molecule has 0 aliphatic rings. The quantitative estimate of drug-likeness (QED) is 0.566. The minimum absolute atomic E-state index is 0.177. The maximum atomic E-state index is 11.9. The summed E-state index contributed by atoms with van der Waals surface area (Å²) >= 11 is 1.42. The molecular weight excluding hydrogens is 252 g/mol. The minimum Gasteiger partial charge on any atom is -0.307 e. The van der Waals surface area contributed by atoms with Gasteiger partial charge in [-0.15, -0.1) is 11.3 Å². The first-order valence-electron chi connectivity index (χ1n) is 5.14. The SMILES string of the molecule is Cc1nc(NC(=O)c2cncc(NN)n2)sc1C. The first kappa shape index (κ1) is 12.4. The molecule has 0 aliphatic carbocycles. The molecule has 0 aliphatic heterocycles. The van der Waals surface area contributed by atoms with Crippen LogP contribution in [-0.2, 0) is 0 Å². The van der Waals surface area contributed by atoms with E-state index in [9.17, 15) is 4.79 Å². The number of aryl methyl sites for hydroxylation is 2. The maximum Gasteiger partial charge on any atom is 0.277 e. The van der Waals surface area contributed by atoms with E-state index in [1.54, 1.807) is 0 Å². The zero-order chi connectivity index (χ0) is 13.1. The van der Waals surface area contributed by atoms with Crippen LogP contribution in [-0.4, -0.2) is 20.9 Å². The first-order chi connectivity index (χ1) is 8.60. The van der Waals surface area contributed by atoms with E-state index in [1.807, 2.05) is 13.8 Å². The van der Waals surface area contributed by atoms with Gasteiger partial charge in [-0.25, -0.2) is 15.8 Å². The monoisotopic (exact) mass is 264 g/mol. The molecule has 0 bridgehead atoms. The smallest absolute Gasteiger partial charge is 0.277 e. The van der Waals surface area contributed by atoms with E-state index >= 15 is 0 Å². The van der Waals surface area contributed by atoms with Crippen molar-refractivity contribution in [2.75, 3.05) is 10.7 Å². The van der Waals surface area contributed by atoms with Gasteiger partial charge in [-0.05, 0) is 13.8 Å². The lowest BCUT2D eigenvalue weighted by molar-refractivity contribution is 0.102. The Kier molecular flexibility index (Phi) is 3.49. The predicted octanol–water partition coefficient (Wildman–Crippen LogP) is 1.09. The highest BCUT2D eigenvalue weighted by Gasteiger charge is 2.12. The number of nitrogens with zero attached hydrogens (tertiary/aromatic N) is 3. The van der Waals surface area contributed by atoms with Crippen LogP contribution >= 0.6 is 11.3 Å². The Bertz CT molecular complexity index is 562. The number of rotatable bonds is 3. The molecule has 7 nitrogen and oxygen atoms in total. The van der Waals surface area contributed by atoms with Crippen molar-refractivity contribution >= 4 is 28.2 Å². The van der Waals surface area contributed by atoms with Crippen LogP contribution < -0.4 is 16.6 Å². The number of anilines is 2. The lowest BCUT2D eigenvalue weighted by Gasteiger charge is -2.02. The highest BCUT2D eigenvalue weighted by atomic mass is 32.1. The van der Waals surface area contributed by atoms with Crippen LogP contribution in [0.15, 0.2) is 12.4 Å². The van der Waals surface area contributed by atoms with Crippen molar-refractivity contribution in [3.8, 4) is 0 Å². The van der Waals surface area contributed by atoms with Crippen LogP contribution in [0.4, 0.5) is 10.9 Å². The van der Waals surface area contributed by atoms with Crippen molar-refractivity contribution in [2.45, 2.75) is 13.8 Å². The van der Waals surface area contributed by atoms with Gasteiger partial charge in [-0.2, -0.15) is 0 Å². The van der Waals surface area contributed by atoms with Crippen molar-refractivity contribution < 1.29 is 4.79 Å². The number of aromatic nitrogens is 3. The van der Waals surface area contributed by atoms with Crippen molar-refractivity contribution in [3.63, 3.8) is 0 Å². The van der Waals surface area contributed by atoms with Crippen molar-refractivity contribution in [1.82, 2.24) is 15.0 Å². The highest BCUT2D eigenvalue weighted by Crippen LogP contribution is 2.21. The summed E-state index contributed by atoms with van der Waals surface area (Å²) in [4.78, 5) is 25.0. The fourth-order valence-electron chi connectivity index (χ4n) is 1.23. The first-order valence-corrected chi connectivity index (χ1v) is 5.96. The van der Waals surface area contributed by atoms with E-state index < -0.39 is 0 Å². The number of nitrogens with two attached hydrogens (primary N) is 1. The van der Waals surface area contributed by atoms with Crippen molar-refractivity contribution in [3.05, 3.63) is 28.7 Å². The zero-order valence-electron chi connectivity index (χ0n) is 9.89. The third kappa shape index (κ3) is 2.60. The lowest BCUT2D eigenvalue weighted by Crippen LogP contribution is -2.16. The molecule has 8 heteroatoms. The average molecular weight is 264 g/mol. The normalized spacial score (nSPS) is 10.2. The largest absolute Gasteiger partial charge is 0.307 e. The fourth-order valence-corrected chi connectivity index (χ4v) is 2.04. The molecule has 2 rings (SSSR count). The molecule has 0 saturated heterocycles. The number of hydrogen-bond acceptors (Lipinski definition) is 7. The number of carbonyl (C=O) groups is 1. The highest BCUT2D eigenvalue weighted by molar-refractivity contribution is 7.15. The van der Waals surface area contributed by atoms with Gasteiger partial charge >= 0.3 is 0 Å². The van der Waals surface area contributed by atoms with E-state index in [-0.39, 0.29) is 11.6 Å². The molecule has 0 fully saturated rings. The molecule has 1 amide bonds. The molecule has 0 spiro atoms. The van der Waals surface area contributed by atoms with E-state index in [0.29, 0.717) is 10.9 Å². The Balaban J connectivity index is 2.16. The van der Waals surface area contributed by atoms with E-state index in [1.165, 1.54) is 23.7 Å². The molecule has 18 heavy (non-hydrogen) atoms. The van der Waals surface area contributed by atoms with Crippen LogP contribution in [0.25, 0.3) is 0 Å². The van der Waals surface area contributed by atoms with E-state index in [0.717, 1.165) is 10.6 Å². The third-order valence-electron chi connectivity index (χ3n) is 2.26. The van der Waals surface area contributed by atoms with Crippen LogP contribution in [0.2, 0.25) is 0 Å². The second kappa shape index (κ2) is 5.07.